The molecule has 0 bridgehead atoms. The Hall–Kier alpha value is -2.73. The Morgan fingerprint density at radius 3 is 2.05 bits per heavy atom. The van der Waals surface area contributed by atoms with Gasteiger partial charge in [-0.2, -0.15) is 4.37 Å². The molecule has 0 aliphatic carbocycles. The molecular weight excluding hydrogens is 290 g/mol. The van der Waals surface area contributed by atoms with Crippen LogP contribution in [0.2, 0.25) is 0 Å². The molecule has 0 saturated heterocycles. The monoisotopic (exact) mass is 301 g/mol. The molecule has 5 nitrogen and oxygen atoms in total. The molecule has 2 aromatic carbocycles. The van der Waals surface area contributed by atoms with Crippen molar-refractivity contribution >= 4 is 11.5 Å². The molecule has 0 fully saturated rings. The van der Waals surface area contributed by atoms with Crippen LogP contribution in [-0.4, -0.2) is 24.8 Å². The first-order chi connectivity index (χ1) is 10.1. The maximum Gasteiger partial charge on any atom is 0.200 e. The first-order valence-corrected chi connectivity index (χ1v) is 6.83. The van der Waals surface area contributed by atoms with Crippen molar-refractivity contribution in [2.24, 2.45) is 0 Å². The highest BCUT2D eigenvalue weighted by Gasteiger charge is 2.15. The molecule has 0 aliphatic rings. The standard InChI is InChI=1S/C15H11NO4S/c17-10-3-1-8(2-4-10)11-7-16-21-15(11)9-5-12(18)14(20)13(19)6-9/h1-7,17-20H. The number of benzene rings is 2. The molecule has 0 amide bonds. The second-order valence-corrected chi connectivity index (χ2v) is 5.28. The molecule has 0 aliphatic heterocycles. The predicted molar refractivity (Wildman–Crippen MR) is 79.6 cm³/mol. The van der Waals surface area contributed by atoms with Gasteiger partial charge in [0.25, 0.3) is 0 Å². The van der Waals surface area contributed by atoms with Gasteiger partial charge in [-0.25, -0.2) is 0 Å². The van der Waals surface area contributed by atoms with Gasteiger partial charge in [0.05, 0.1) is 4.88 Å². The van der Waals surface area contributed by atoms with Crippen molar-refractivity contribution < 1.29 is 20.4 Å². The molecule has 4 N–H and O–H groups in total. The lowest BCUT2D eigenvalue weighted by Gasteiger charge is -2.07. The SMILES string of the molecule is Oc1ccc(-c2cnsc2-c2cc(O)c(O)c(O)c2)cc1. The summed E-state index contributed by atoms with van der Waals surface area (Å²) in [6.45, 7) is 0. The van der Waals surface area contributed by atoms with E-state index >= 15 is 0 Å². The first kappa shape index (κ1) is 13.3. The van der Waals surface area contributed by atoms with Crippen molar-refractivity contribution in [3.8, 4) is 44.6 Å². The van der Waals surface area contributed by atoms with E-state index in [-0.39, 0.29) is 5.75 Å². The van der Waals surface area contributed by atoms with E-state index in [1.165, 1.54) is 23.7 Å². The fourth-order valence-corrected chi connectivity index (χ4v) is 2.79. The minimum absolute atomic E-state index is 0.170. The van der Waals surface area contributed by atoms with Crippen LogP contribution in [0.5, 0.6) is 23.0 Å². The summed E-state index contributed by atoms with van der Waals surface area (Å²) in [5.41, 5.74) is 2.21. The lowest BCUT2D eigenvalue weighted by molar-refractivity contribution is 0.368. The van der Waals surface area contributed by atoms with Crippen molar-refractivity contribution in [3.05, 3.63) is 42.6 Å². The third-order valence-corrected chi connectivity index (χ3v) is 3.93. The van der Waals surface area contributed by atoms with E-state index in [0.29, 0.717) is 5.56 Å². The van der Waals surface area contributed by atoms with E-state index in [1.807, 2.05) is 0 Å². The van der Waals surface area contributed by atoms with Crippen LogP contribution in [0.25, 0.3) is 21.6 Å². The number of nitrogens with zero attached hydrogens (tertiary/aromatic N) is 1. The minimum Gasteiger partial charge on any atom is -0.508 e. The van der Waals surface area contributed by atoms with Crippen molar-refractivity contribution in [2.75, 3.05) is 0 Å². The topological polar surface area (TPSA) is 93.8 Å². The summed E-state index contributed by atoms with van der Waals surface area (Å²) >= 11 is 1.21. The Labute approximate surface area is 124 Å². The fourth-order valence-electron chi connectivity index (χ4n) is 2.03. The zero-order chi connectivity index (χ0) is 15.0. The highest BCUT2D eigenvalue weighted by Crippen LogP contribution is 2.43. The van der Waals surface area contributed by atoms with Gasteiger partial charge in [-0.1, -0.05) is 12.1 Å². The summed E-state index contributed by atoms with van der Waals surface area (Å²) in [6, 6.07) is 9.38. The van der Waals surface area contributed by atoms with E-state index in [2.05, 4.69) is 4.37 Å². The Kier molecular flexibility index (Phi) is 3.15. The minimum atomic E-state index is -0.547. The van der Waals surface area contributed by atoms with Crippen LogP contribution < -0.4 is 0 Å². The summed E-state index contributed by atoms with van der Waals surface area (Å²) in [7, 11) is 0. The summed E-state index contributed by atoms with van der Waals surface area (Å²) < 4.78 is 4.13. The van der Waals surface area contributed by atoms with Crippen LogP contribution in [0.4, 0.5) is 0 Å². The summed E-state index contributed by atoms with van der Waals surface area (Å²) in [5, 5.41) is 38.0. The van der Waals surface area contributed by atoms with Crippen LogP contribution in [0.15, 0.2) is 42.6 Å². The average molecular weight is 301 g/mol. The molecule has 1 aromatic heterocycles. The summed E-state index contributed by atoms with van der Waals surface area (Å²) in [5.74, 6) is -1.16. The molecule has 0 unspecified atom stereocenters. The second kappa shape index (κ2) is 4.99. The van der Waals surface area contributed by atoms with E-state index in [0.717, 1.165) is 16.0 Å². The zero-order valence-electron chi connectivity index (χ0n) is 10.7. The van der Waals surface area contributed by atoms with Crippen LogP contribution in [-0.2, 0) is 0 Å². The Bertz CT molecular complexity index is 773. The Morgan fingerprint density at radius 2 is 1.43 bits per heavy atom. The number of hydrogen-bond acceptors (Lipinski definition) is 6. The molecular formula is C15H11NO4S. The van der Waals surface area contributed by atoms with E-state index in [9.17, 15) is 20.4 Å². The predicted octanol–water partition coefficient (Wildman–Crippen LogP) is 3.30. The molecule has 3 rings (SSSR count). The van der Waals surface area contributed by atoms with Crippen molar-refractivity contribution in [3.63, 3.8) is 0 Å². The lowest BCUT2D eigenvalue weighted by Crippen LogP contribution is -1.80. The van der Waals surface area contributed by atoms with Gasteiger partial charge in [0.15, 0.2) is 17.2 Å². The summed E-state index contributed by atoms with van der Waals surface area (Å²) in [6.07, 6.45) is 1.67. The van der Waals surface area contributed by atoms with Crippen molar-refractivity contribution in [2.45, 2.75) is 0 Å². The average Bonchev–Trinajstić information content (AvgIpc) is 2.94. The first-order valence-electron chi connectivity index (χ1n) is 6.05. The quantitative estimate of drug-likeness (QED) is 0.545. The van der Waals surface area contributed by atoms with Gasteiger partial charge in [-0.3, -0.25) is 0 Å². The van der Waals surface area contributed by atoms with Crippen molar-refractivity contribution in [1.82, 2.24) is 4.37 Å². The van der Waals surface area contributed by atoms with Gasteiger partial charge < -0.3 is 20.4 Å². The molecule has 0 spiro atoms. The number of phenolic OH excluding ortho intramolecular Hbond substituents is 4. The summed E-state index contributed by atoms with van der Waals surface area (Å²) in [4.78, 5) is 0.742. The number of aromatic nitrogens is 1. The number of aromatic hydroxyl groups is 4. The van der Waals surface area contributed by atoms with Crippen molar-refractivity contribution in [1.29, 1.82) is 0 Å². The van der Waals surface area contributed by atoms with Gasteiger partial charge >= 0.3 is 0 Å². The zero-order valence-corrected chi connectivity index (χ0v) is 11.5. The van der Waals surface area contributed by atoms with Crippen LogP contribution >= 0.6 is 11.5 Å². The van der Waals surface area contributed by atoms with Gasteiger partial charge in [-0.15, -0.1) is 0 Å². The van der Waals surface area contributed by atoms with Gasteiger partial charge in [0.1, 0.15) is 5.75 Å². The third-order valence-electron chi connectivity index (χ3n) is 3.08. The largest absolute Gasteiger partial charge is 0.508 e. The molecule has 21 heavy (non-hydrogen) atoms. The lowest BCUT2D eigenvalue weighted by atomic mass is 10.0. The number of phenols is 4. The van der Waals surface area contributed by atoms with E-state index < -0.39 is 17.2 Å². The molecule has 0 atom stereocenters. The van der Waals surface area contributed by atoms with Gasteiger partial charge in [0.2, 0.25) is 0 Å². The van der Waals surface area contributed by atoms with E-state index in [1.54, 1.807) is 30.5 Å². The normalized spacial score (nSPS) is 10.7. The maximum absolute atomic E-state index is 9.62. The second-order valence-electron chi connectivity index (χ2n) is 4.48. The number of hydrogen-bond donors (Lipinski definition) is 4. The smallest absolute Gasteiger partial charge is 0.200 e. The highest BCUT2D eigenvalue weighted by molar-refractivity contribution is 7.10. The molecule has 0 saturated carbocycles. The third kappa shape index (κ3) is 2.36. The highest BCUT2D eigenvalue weighted by atomic mass is 32.1. The van der Waals surface area contributed by atoms with Gasteiger partial charge in [0, 0.05) is 17.3 Å². The molecule has 6 heteroatoms. The molecule has 3 aromatic rings. The van der Waals surface area contributed by atoms with Crippen LogP contribution in [0.1, 0.15) is 0 Å². The number of rotatable bonds is 2. The van der Waals surface area contributed by atoms with Crippen LogP contribution in [0.3, 0.4) is 0 Å². The Balaban J connectivity index is 2.13. The van der Waals surface area contributed by atoms with Crippen LogP contribution in [0, 0.1) is 0 Å². The fraction of sp³-hybridized carbons (Fsp3) is 0. The van der Waals surface area contributed by atoms with E-state index in [4.69, 9.17) is 0 Å². The Morgan fingerprint density at radius 1 is 0.810 bits per heavy atom. The maximum atomic E-state index is 9.62. The molecule has 1 heterocycles. The molecule has 106 valence electrons. The molecule has 0 radical (unpaired) electrons. The van der Waals surface area contributed by atoms with Gasteiger partial charge in [-0.05, 0) is 41.4 Å².